The minimum Gasteiger partial charge on any atom is -0.473 e. The van der Waals surface area contributed by atoms with E-state index in [9.17, 15) is 9.59 Å². The number of ether oxygens (including phenoxy) is 1. The lowest BCUT2D eigenvalue weighted by atomic mass is 10.1. The van der Waals surface area contributed by atoms with Gasteiger partial charge < -0.3 is 14.5 Å². The van der Waals surface area contributed by atoms with Gasteiger partial charge in [0.15, 0.2) is 11.9 Å². The molecule has 4 aromatic rings. The van der Waals surface area contributed by atoms with Gasteiger partial charge >= 0.3 is 0 Å². The van der Waals surface area contributed by atoms with Gasteiger partial charge in [-0.25, -0.2) is 0 Å². The Morgan fingerprint density at radius 2 is 1.72 bits per heavy atom. The van der Waals surface area contributed by atoms with Crippen LogP contribution in [-0.4, -0.2) is 12.0 Å². The van der Waals surface area contributed by atoms with Crippen molar-refractivity contribution in [2.75, 3.05) is 5.32 Å². The third kappa shape index (κ3) is 4.42. The van der Waals surface area contributed by atoms with Crippen LogP contribution in [0, 0.1) is 13.8 Å². The molecule has 0 aliphatic heterocycles. The third-order valence-electron chi connectivity index (χ3n) is 5.28. The van der Waals surface area contributed by atoms with Gasteiger partial charge in [-0.3, -0.25) is 9.59 Å². The van der Waals surface area contributed by atoms with Gasteiger partial charge in [0.05, 0.1) is 5.39 Å². The molecule has 1 atom stereocenters. The summed E-state index contributed by atoms with van der Waals surface area (Å²) in [5.41, 5.74) is 3.68. The van der Waals surface area contributed by atoms with E-state index >= 15 is 0 Å². The summed E-state index contributed by atoms with van der Waals surface area (Å²) in [7, 11) is 0. The first kappa shape index (κ1) is 21.4. The Bertz CT molecular complexity index is 1320. The lowest BCUT2D eigenvalue weighted by Crippen LogP contribution is -2.34. The van der Waals surface area contributed by atoms with E-state index < -0.39 is 6.10 Å². The summed E-state index contributed by atoms with van der Waals surface area (Å²) in [5, 5.41) is 3.29. The fraction of sp³-hybridized carbons (Fsp3) is 0.185. The summed E-state index contributed by atoms with van der Waals surface area (Å²) in [6.07, 6.45) is -0.471. The minimum absolute atomic E-state index is 0.0406. The molecule has 0 bridgehead atoms. The van der Waals surface area contributed by atoms with Crippen LogP contribution in [0.2, 0.25) is 0 Å². The molecule has 1 aromatic heterocycles. The number of amides is 1. The highest BCUT2D eigenvalue weighted by molar-refractivity contribution is 5.94. The average molecular weight is 428 g/mol. The zero-order valence-electron chi connectivity index (χ0n) is 18.3. The van der Waals surface area contributed by atoms with E-state index in [1.165, 1.54) is 0 Å². The Morgan fingerprint density at radius 1 is 0.969 bits per heavy atom. The van der Waals surface area contributed by atoms with Crippen LogP contribution in [-0.2, 0) is 4.79 Å². The van der Waals surface area contributed by atoms with E-state index in [4.69, 9.17) is 9.15 Å². The monoisotopic (exact) mass is 427 g/mol. The number of aryl methyl sites for hydroxylation is 2. The number of anilines is 1. The molecule has 0 aliphatic rings. The molecule has 3 aromatic carbocycles. The largest absolute Gasteiger partial charge is 0.473 e. The van der Waals surface area contributed by atoms with Crippen LogP contribution in [0.25, 0.3) is 22.3 Å². The summed E-state index contributed by atoms with van der Waals surface area (Å²) in [5.74, 6) is 0.0369. The maximum Gasteiger partial charge on any atom is 0.265 e. The Kier molecular flexibility index (Phi) is 6.08. The molecule has 1 unspecified atom stereocenters. The molecule has 0 radical (unpaired) electrons. The van der Waals surface area contributed by atoms with E-state index in [0.29, 0.717) is 34.4 Å². The van der Waals surface area contributed by atoms with Crippen molar-refractivity contribution in [3.63, 3.8) is 0 Å². The van der Waals surface area contributed by atoms with Crippen molar-refractivity contribution in [3.8, 4) is 17.1 Å². The number of hydrogen-bond acceptors (Lipinski definition) is 4. The van der Waals surface area contributed by atoms with Gasteiger partial charge in [0.25, 0.3) is 5.91 Å². The van der Waals surface area contributed by atoms with Gasteiger partial charge in [0.2, 0.25) is 11.2 Å². The van der Waals surface area contributed by atoms with Crippen molar-refractivity contribution >= 4 is 22.6 Å². The summed E-state index contributed by atoms with van der Waals surface area (Å²) in [6.45, 7) is 5.78. The number of benzene rings is 3. The molecule has 0 aliphatic carbocycles. The second-order valence-electron chi connectivity index (χ2n) is 7.83. The van der Waals surface area contributed by atoms with Crippen LogP contribution < -0.4 is 15.5 Å². The van der Waals surface area contributed by atoms with E-state index in [1.807, 2.05) is 75.4 Å². The molecule has 0 spiro atoms. The van der Waals surface area contributed by atoms with Crippen molar-refractivity contribution in [1.82, 2.24) is 0 Å². The van der Waals surface area contributed by atoms with Gasteiger partial charge in [-0.1, -0.05) is 61.0 Å². The van der Waals surface area contributed by atoms with E-state index in [-0.39, 0.29) is 17.1 Å². The van der Waals surface area contributed by atoms with Gasteiger partial charge in [-0.2, -0.15) is 0 Å². The number of fused-ring (bicyclic) bond motifs is 1. The molecule has 1 heterocycles. The van der Waals surface area contributed by atoms with Crippen LogP contribution in [0.1, 0.15) is 24.5 Å². The Hall–Kier alpha value is -3.86. The zero-order chi connectivity index (χ0) is 22.7. The quantitative estimate of drug-likeness (QED) is 0.418. The highest BCUT2D eigenvalue weighted by Crippen LogP contribution is 2.32. The highest BCUT2D eigenvalue weighted by atomic mass is 16.5. The smallest absolute Gasteiger partial charge is 0.265 e. The van der Waals surface area contributed by atoms with Crippen LogP contribution in [0.4, 0.5) is 5.69 Å². The Morgan fingerprint density at radius 3 is 2.44 bits per heavy atom. The molecular formula is C27H25NO4. The number of hydrogen-bond donors (Lipinski definition) is 1. The zero-order valence-corrected chi connectivity index (χ0v) is 18.3. The summed E-state index contributed by atoms with van der Waals surface area (Å²) < 4.78 is 12.2. The number of carbonyl (C=O) groups is 1. The number of para-hydroxylation sites is 1. The second-order valence-corrected chi connectivity index (χ2v) is 7.83. The predicted octanol–water partition coefficient (Wildman–Crippen LogP) is 5.87. The van der Waals surface area contributed by atoms with Crippen molar-refractivity contribution in [3.05, 3.63) is 94.1 Å². The maximum absolute atomic E-state index is 13.3. The summed E-state index contributed by atoms with van der Waals surface area (Å²) in [4.78, 5) is 26.3. The molecule has 32 heavy (non-hydrogen) atoms. The predicted molar refractivity (Wildman–Crippen MR) is 127 cm³/mol. The average Bonchev–Trinajstić information content (AvgIpc) is 2.79. The Balaban J connectivity index is 1.75. The number of carbonyl (C=O) groups excluding carboxylic acids is 1. The molecule has 0 saturated heterocycles. The highest BCUT2D eigenvalue weighted by Gasteiger charge is 2.25. The molecular weight excluding hydrogens is 402 g/mol. The summed E-state index contributed by atoms with van der Waals surface area (Å²) in [6, 6.07) is 22.2. The van der Waals surface area contributed by atoms with Crippen LogP contribution in [0.5, 0.6) is 5.75 Å². The third-order valence-corrected chi connectivity index (χ3v) is 5.28. The molecule has 1 amide bonds. The van der Waals surface area contributed by atoms with Crippen LogP contribution in [0.15, 0.2) is 82.0 Å². The van der Waals surface area contributed by atoms with Crippen LogP contribution in [0.3, 0.4) is 0 Å². The molecule has 0 fully saturated rings. The van der Waals surface area contributed by atoms with Crippen molar-refractivity contribution in [2.24, 2.45) is 0 Å². The number of rotatable bonds is 6. The molecule has 4 rings (SSSR count). The van der Waals surface area contributed by atoms with Crippen molar-refractivity contribution < 1.29 is 13.9 Å². The lowest BCUT2D eigenvalue weighted by Gasteiger charge is -2.19. The van der Waals surface area contributed by atoms with Crippen LogP contribution >= 0.6 is 0 Å². The van der Waals surface area contributed by atoms with Gasteiger partial charge in [-0.15, -0.1) is 0 Å². The van der Waals surface area contributed by atoms with Gasteiger partial charge in [0, 0.05) is 11.3 Å². The van der Waals surface area contributed by atoms with E-state index in [2.05, 4.69) is 5.32 Å². The van der Waals surface area contributed by atoms with E-state index in [1.54, 1.807) is 18.2 Å². The second kappa shape index (κ2) is 9.10. The van der Waals surface area contributed by atoms with Crippen molar-refractivity contribution in [2.45, 2.75) is 33.3 Å². The van der Waals surface area contributed by atoms with Crippen molar-refractivity contribution in [1.29, 1.82) is 0 Å². The lowest BCUT2D eigenvalue weighted by molar-refractivity contribution is -0.122. The summed E-state index contributed by atoms with van der Waals surface area (Å²) >= 11 is 0. The topological polar surface area (TPSA) is 68.5 Å². The fourth-order valence-corrected chi connectivity index (χ4v) is 3.54. The first-order valence-corrected chi connectivity index (χ1v) is 10.6. The SMILES string of the molecule is CCC(Oc1c(-c2ccc(C)cc2)oc2ccccc2c1=O)C(=O)Nc1cccc(C)c1. The first-order chi connectivity index (χ1) is 15.5. The molecule has 0 saturated carbocycles. The molecule has 5 heteroatoms. The molecule has 1 N–H and O–H groups in total. The van der Waals surface area contributed by atoms with Gasteiger partial charge in [0.1, 0.15) is 5.58 Å². The van der Waals surface area contributed by atoms with E-state index in [0.717, 1.165) is 11.1 Å². The maximum atomic E-state index is 13.3. The normalized spacial score (nSPS) is 11.8. The number of nitrogens with one attached hydrogen (secondary N) is 1. The first-order valence-electron chi connectivity index (χ1n) is 10.6. The molecule has 162 valence electrons. The Labute approximate surface area is 186 Å². The van der Waals surface area contributed by atoms with Gasteiger partial charge in [-0.05, 0) is 50.1 Å². The fourth-order valence-electron chi connectivity index (χ4n) is 3.54. The molecule has 5 nitrogen and oxygen atoms in total. The standard InChI is InChI=1S/C27H25NO4/c1-4-22(27(30)28-20-9-7-8-18(3)16-20)31-26-24(29)21-10-5-6-11-23(21)32-25(26)19-14-12-17(2)13-15-19/h5-16,22H,4H2,1-3H3,(H,28,30). The minimum atomic E-state index is -0.858.